The lowest BCUT2D eigenvalue weighted by Crippen LogP contribution is -2.32. The lowest BCUT2D eigenvalue weighted by Gasteiger charge is -2.28. The van der Waals surface area contributed by atoms with Gasteiger partial charge in [0.25, 0.3) is 0 Å². The van der Waals surface area contributed by atoms with Crippen LogP contribution in [-0.2, 0) is 59.6 Å². The summed E-state index contributed by atoms with van der Waals surface area (Å²) in [6.07, 6.45) is 11.1. The van der Waals surface area contributed by atoms with Gasteiger partial charge in [0.1, 0.15) is 47.6 Å². The van der Waals surface area contributed by atoms with Crippen molar-refractivity contribution >= 4 is 19.7 Å². The summed E-state index contributed by atoms with van der Waals surface area (Å²) in [4.78, 5) is 17.4. The van der Waals surface area contributed by atoms with E-state index in [4.69, 9.17) is 28.4 Å². The molecule has 22 heteroatoms. The molecular weight excluding hydrogens is 917 g/mol. The standard InChI is InChI=1S/2C23H35N5O5S/c2*1-15(2)33-22(19-13-24-16(3)12-25-19)17(4)34(29,30)14-21-26-27-23(20-6-5-9-32-20)28(21)18-7-10-31-11-8-18/h2*12-13,15,17-18,20,22H,5-11,14H2,1-4H3/t17-,20+,22+;17-,20-,22+/m00/s1. The van der Waals surface area contributed by atoms with E-state index < -0.39 is 42.4 Å². The molecule has 4 aromatic rings. The minimum Gasteiger partial charge on any atom is -0.381 e. The zero-order chi connectivity index (χ0) is 48.6. The molecule has 0 unspecified atom stereocenters. The Morgan fingerprint density at radius 1 is 0.544 bits per heavy atom. The Hall–Kier alpha value is -3.90. The summed E-state index contributed by atoms with van der Waals surface area (Å²) in [5, 5.41) is 15.8. The number of aromatic nitrogens is 10. The molecule has 6 atom stereocenters. The van der Waals surface area contributed by atoms with Gasteiger partial charge in [0.15, 0.2) is 31.3 Å². The third-order valence-electron chi connectivity index (χ3n) is 12.8. The average Bonchev–Trinajstić information content (AvgIpc) is 4.17. The molecule has 4 fully saturated rings. The van der Waals surface area contributed by atoms with Crippen LogP contribution in [0.4, 0.5) is 0 Å². The number of rotatable bonds is 18. The molecule has 0 aromatic carbocycles. The van der Waals surface area contributed by atoms with Gasteiger partial charge >= 0.3 is 0 Å². The minimum atomic E-state index is -3.68. The zero-order valence-electron chi connectivity index (χ0n) is 40.8. The summed E-state index contributed by atoms with van der Waals surface area (Å²) in [5.74, 6) is 1.87. The Morgan fingerprint density at radius 3 is 1.24 bits per heavy atom. The maximum Gasteiger partial charge on any atom is 0.163 e. The van der Waals surface area contributed by atoms with E-state index in [9.17, 15) is 16.8 Å². The van der Waals surface area contributed by atoms with Gasteiger partial charge in [0.05, 0.1) is 57.9 Å². The second kappa shape index (κ2) is 23.3. The van der Waals surface area contributed by atoms with E-state index >= 15 is 0 Å². The molecule has 0 spiro atoms. The highest BCUT2D eigenvalue weighted by Crippen LogP contribution is 2.36. The van der Waals surface area contributed by atoms with Crippen molar-refractivity contribution in [3.05, 3.63) is 70.9 Å². The number of aryl methyl sites for hydroxylation is 2. The molecule has 4 aromatic heterocycles. The first-order valence-electron chi connectivity index (χ1n) is 24.1. The Balaban J connectivity index is 0.000000201. The second-order valence-electron chi connectivity index (χ2n) is 18.8. The van der Waals surface area contributed by atoms with Crippen LogP contribution in [0.25, 0.3) is 0 Å². The van der Waals surface area contributed by atoms with Gasteiger partial charge < -0.3 is 37.6 Å². The normalized spacial score (nSPS) is 21.7. The van der Waals surface area contributed by atoms with Gasteiger partial charge in [-0.1, -0.05) is 0 Å². The topological polar surface area (TPSA) is 237 Å². The number of sulfone groups is 2. The maximum absolute atomic E-state index is 13.7. The predicted molar refractivity (Wildman–Crippen MR) is 250 cm³/mol. The smallest absolute Gasteiger partial charge is 0.163 e. The molecule has 8 heterocycles. The van der Waals surface area contributed by atoms with Crippen LogP contribution in [0.3, 0.4) is 0 Å². The van der Waals surface area contributed by atoms with E-state index in [1.807, 2.05) is 50.7 Å². The van der Waals surface area contributed by atoms with Crippen LogP contribution >= 0.6 is 0 Å². The molecule has 4 aliphatic rings. The van der Waals surface area contributed by atoms with E-state index in [0.29, 0.717) is 62.7 Å². The fourth-order valence-corrected chi connectivity index (χ4v) is 11.9. The van der Waals surface area contributed by atoms with Crippen LogP contribution in [0, 0.1) is 13.8 Å². The molecule has 0 radical (unpaired) electrons. The monoisotopic (exact) mass is 986 g/mol. The predicted octanol–water partition coefficient (Wildman–Crippen LogP) is 6.10. The molecule has 8 rings (SSSR count). The third kappa shape index (κ3) is 12.9. The van der Waals surface area contributed by atoms with Crippen LogP contribution in [0.5, 0.6) is 0 Å². The van der Waals surface area contributed by atoms with Crippen LogP contribution in [0.2, 0.25) is 0 Å². The lowest BCUT2D eigenvalue weighted by atomic mass is 10.1. The van der Waals surface area contributed by atoms with Crippen molar-refractivity contribution in [2.24, 2.45) is 0 Å². The van der Waals surface area contributed by atoms with Crippen LogP contribution in [-0.4, -0.2) is 129 Å². The largest absolute Gasteiger partial charge is 0.381 e. The Morgan fingerprint density at radius 2 is 0.926 bits per heavy atom. The minimum absolute atomic E-state index is 0.0918. The van der Waals surface area contributed by atoms with Crippen molar-refractivity contribution in [1.82, 2.24) is 49.5 Å². The molecule has 4 aliphatic heterocycles. The fourth-order valence-electron chi connectivity index (χ4n) is 9.08. The number of ether oxygens (including phenoxy) is 6. The first-order valence-corrected chi connectivity index (χ1v) is 27.5. The third-order valence-corrected chi connectivity index (χ3v) is 16.9. The van der Waals surface area contributed by atoms with Crippen molar-refractivity contribution < 1.29 is 45.3 Å². The number of nitrogens with zero attached hydrogens (tertiary/aromatic N) is 10. The van der Waals surface area contributed by atoms with Gasteiger partial charge in [0.2, 0.25) is 0 Å². The van der Waals surface area contributed by atoms with Gasteiger partial charge in [-0.2, -0.15) is 0 Å². The van der Waals surface area contributed by atoms with Gasteiger partial charge in [-0.15, -0.1) is 20.4 Å². The van der Waals surface area contributed by atoms with E-state index in [2.05, 4.69) is 40.3 Å². The highest BCUT2D eigenvalue weighted by molar-refractivity contribution is 7.91. The quantitative estimate of drug-likeness (QED) is 0.109. The molecule has 0 saturated carbocycles. The van der Waals surface area contributed by atoms with Crippen molar-refractivity contribution in [2.75, 3.05) is 39.6 Å². The van der Waals surface area contributed by atoms with Gasteiger partial charge in [0, 0.05) is 64.1 Å². The van der Waals surface area contributed by atoms with Crippen molar-refractivity contribution in [3.8, 4) is 0 Å². The van der Waals surface area contributed by atoms with Crippen LogP contribution in [0.15, 0.2) is 24.8 Å². The summed E-state index contributed by atoms with van der Waals surface area (Å²) in [7, 11) is -7.35. The van der Waals surface area contributed by atoms with Crippen LogP contribution < -0.4 is 0 Å². The van der Waals surface area contributed by atoms with E-state index in [0.717, 1.165) is 74.4 Å². The van der Waals surface area contributed by atoms with Gasteiger partial charge in [-0.05, 0) is 107 Å². The molecule has 68 heavy (non-hydrogen) atoms. The highest BCUT2D eigenvalue weighted by Gasteiger charge is 2.39. The molecular formula is C46H70N10O10S2. The van der Waals surface area contributed by atoms with Crippen molar-refractivity contribution in [1.29, 1.82) is 0 Å². The first kappa shape index (κ1) is 51.9. The molecule has 0 amide bonds. The SMILES string of the molecule is Cc1cnc([C@H](OC(C)C)[C@H](C)S(=O)(=O)Cc2nnc([C@@H]3CCCO3)n2C2CCOCC2)cn1.Cc1cnc([C@H](OC(C)C)[C@H](C)S(=O)(=O)Cc2nnc([C@H]3CCCO3)n2C2CCOCC2)cn1. The van der Waals surface area contributed by atoms with E-state index in [1.54, 1.807) is 38.6 Å². The van der Waals surface area contributed by atoms with E-state index in [-0.39, 0.29) is 48.0 Å². The van der Waals surface area contributed by atoms with Gasteiger partial charge in [-0.3, -0.25) is 19.9 Å². The van der Waals surface area contributed by atoms with E-state index in [1.165, 1.54) is 0 Å². The Kier molecular flexibility index (Phi) is 17.8. The summed E-state index contributed by atoms with van der Waals surface area (Å²) in [5.41, 5.74) is 2.52. The summed E-state index contributed by atoms with van der Waals surface area (Å²) in [6, 6.07) is 0.184. The summed E-state index contributed by atoms with van der Waals surface area (Å²) in [6.45, 7) is 18.4. The van der Waals surface area contributed by atoms with Gasteiger partial charge in [-0.25, -0.2) is 16.8 Å². The molecule has 0 bridgehead atoms. The maximum atomic E-state index is 13.7. The summed E-state index contributed by atoms with van der Waals surface area (Å²) < 4.78 is 93.5. The second-order valence-corrected chi connectivity index (χ2v) is 23.5. The Labute approximate surface area is 400 Å². The zero-order valence-corrected chi connectivity index (χ0v) is 42.4. The average molecular weight is 987 g/mol. The Bertz CT molecular complexity index is 2260. The number of hydrogen-bond acceptors (Lipinski definition) is 18. The van der Waals surface area contributed by atoms with Crippen LogP contribution in [0.1, 0.15) is 175 Å². The lowest BCUT2D eigenvalue weighted by molar-refractivity contribution is 0.00359. The molecule has 4 saturated heterocycles. The fraction of sp³-hybridized carbons (Fsp3) is 0.739. The van der Waals surface area contributed by atoms with Crippen molar-refractivity contribution in [2.45, 2.75) is 177 Å². The molecule has 0 aliphatic carbocycles. The molecule has 20 nitrogen and oxygen atoms in total. The van der Waals surface area contributed by atoms with Crippen molar-refractivity contribution in [3.63, 3.8) is 0 Å². The highest BCUT2D eigenvalue weighted by atomic mass is 32.2. The number of hydrogen-bond donors (Lipinski definition) is 0. The molecule has 0 N–H and O–H groups in total. The molecule has 376 valence electrons. The summed E-state index contributed by atoms with van der Waals surface area (Å²) >= 11 is 0. The first-order chi connectivity index (χ1) is 32.5.